The Hall–Kier alpha value is -2.69. The van der Waals surface area contributed by atoms with E-state index in [4.69, 9.17) is 4.74 Å². The predicted molar refractivity (Wildman–Crippen MR) is 78.1 cm³/mol. The Morgan fingerprint density at radius 2 is 1.86 bits per heavy atom. The Morgan fingerprint density at radius 1 is 1.19 bits per heavy atom. The lowest BCUT2D eigenvalue weighted by Crippen LogP contribution is -2.09. The summed E-state index contributed by atoms with van der Waals surface area (Å²) in [6.07, 6.45) is -0.419. The molecular weight excluding hydrogens is 270 g/mol. The average molecular weight is 285 g/mol. The van der Waals surface area contributed by atoms with Crippen molar-refractivity contribution >= 4 is 11.7 Å². The van der Waals surface area contributed by atoms with Crippen LogP contribution in [0.4, 0.5) is 5.69 Å². The minimum Gasteiger partial charge on any atom is -0.454 e. The number of aryl methyl sites for hydroxylation is 1. The van der Waals surface area contributed by atoms with Gasteiger partial charge < -0.3 is 4.74 Å². The zero-order valence-electron chi connectivity index (χ0n) is 11.8. The van der Waals surface area contributed by atoms with Gasteiger partial charge in [-0.15, -0.1) is 0 Å². The number of hydrogen-bond acceptors (Lipinski definition) is 4. The molecule has 0 heterocycles. The van der Waals surface area contributed by atoms with E-state index in [1.165, 1.54) is 24.3 Å². The zero-order chi connectivity index (χ0) is 15.4. The van der Waals surface area contributed by atoms with Crippen LogP contribution in [0.25, 0.3) is 0 Å². The van der Waals surface area contributed by atoms with Crippen molar-refractivity contribution in [3.8, 4) is 0 Å². The summed E-state index contributed by atoms with van der Waals surface area (Å²) in [6.45, 7) is 3.74. The highest BCUT2D eigenvalue weighted by molar-refractivity contribution is 5.90. The van der Waals surface area contributed by atoms with Gasteiger partial charge in [-0.3, -0.25) is 10.1 Å². The van der Waals surface area contributed by atoms with Crippen LogP contribution >= 0.6 is 0 Å². The van der Waals surface area contributed by atoms with Gasteiger partial charge in [-0.1, -0.05) is 35.9 Å². The highest BCUT2D eigenvalue weighted by atomic mass is 16.6. The van der Waals surface area contributed by atoms with Crippen molar-refractivity contribution in [2.75, 3.05) is 0 Å². The van der Waals surface area contributed by atoms with Crippen molar-refractivity contribution in [2.24, 2.45) is 0 Å². The summed E-state index contributed by atoms with van der Waals surface area (Å²) >= 11 is 0. The second kappa shape index (κ2) is 6.17. The summed E-state index contributed by atoms with van der Waals surface area (Å²) in [6, 6.07) is 13.2. The van der Waals surface area contributed by atoms with E-state index < -0.39 is 17.0 Å². The number of esters is 1. The van der Waals surface area contributed by atoms with E-state index in [9.17, 15) is 14.9 Å². The summed E-state index contributed by atoms with van der Waals surface area (Å²) in [5.41, 5.74) is 2.03. The number of hydrogen-bond donors (Lipinski definition) is 0. The van der Waals surface area contributed by atoms with E-state index in [0.29, 0.717) is 0 Å². The summed E-state index contributed by atoms with van der Waals surface area (Å²) in [5.74, 6) is -0.577. The number of nitrogens with zero attached hydrogens (tertiary/aromatic N) is 1. The summed E-state index contributed by atoms with van der Waals surface area (Å²) in [4.78, 5) is 22.2. The van der Waals surface area contributed by atoms with Gasteiger partial charge in [0.05, 0.1) is 10.5 Å². The number of nitro benzene ring substituents is 1. The van der Waals surface area contributed by atoms with E-state index in [2.05, 4.69) is 0 Å². The molecule has 0 aromatic heterocycles. The Balaban J connectivity index is 2.12. The molecule has 0 aliphatic heterocycles. The smallest absolute Gasteiger partial charge is 0.338 e. The van der Waals surface area contributed by atoms with Crippen LogP contribution in [0.2, 0.25) is 0 Å². The Kier molecular flexibility index (Phi) is 4.33. The van der Waals surface area contributed by atoms with Crippen LogP contribution in [0.5, 0.6) is 0 Å². The normalized spacial score (nSPS) is 11.7. The van der Waals surface area contributed by atoms with Crippen molar-refractivity contribution in [3.05, 3.63) is 75.3 Å². The largest absolute Gasteiger partial charge is 0.454 e. The maximum absolute atomic E-state index is 12.0. The van der Waals surface area contributed by atoms with E-state index in [0.717, 1.165) is 11.1 Å². The molecule has 5 nitrogen and oxygen atoms in total. The van der Waals surface area contributed by atoms with Crippen molar-refractivity contribution in [1.29, 1.82) is 0 Å². The molecule has 0 spiro atoms. The van der Waals surface area contributed by atoms with E-state index in [1.54, 1.807) is 6.92 Å². The molecule has 0 aliphatic rings. The molecule has 0 aliphatic carbocycles. The molecule has 5 heteroatoms. The maximum Gasteiger partial charge on any atom is 0.338 e. The Bertz CT molecular complexity index is 664. The molecule has 0 amide bonds. The van der Waals surface area contributed by atoms with Crippen LogP contribution in [0.15, 0.2) is 48.5 Å². The molecule has 21 heavy (non-hydrogen) atoms. The second-order valence-electron chi connectivity index (χ2n) is 4.77. The fourth-order valence-electron chi connectivity index (χ4n) is 1.88. The van der Waals surface area contributed by atoms with Crippen LogP contribution in [0.1, 0.15) is 34.5 Å². The lowest BCUT2D eigenvalue weighted by Gasteiger charge is -2.13. The van der Waals surface area contributed by atoms with Gasteiger partial charge in [0.25, 0.3) is 5.69 Å². The van der Waals surface area contributed by atoms with Gasteiger partial charge in [-0.2, -0.15) is 0 Å². The molecule has 1 atom stereocenters. The molecule has 2 rings (SSSR count). The standard InChI is InChI=1S/C16H15NO4/c1-11-6-8-13(9-7-11)12(2)21-16(18)14-4-3-5-15(10-14)17(19)20/h3-10,12H,1-2H3. The van der Waals surface area contributed by atoms with Crippen LogP contribution < -0.4 is 0 Å². The first kappa shape index (κ1) is 14.7. The molecule has 0 radical (unpaired) electrons. The molecule has 2 aromatic carbocycles. The van der Waals surface area contributed by atoms with E-state index in [-0.39, 0.29) is 11.3 Å². The molecule has 0 N–H and O–H groups in total. The molecule has 0 saturated heterocycles. The third kappa shape index (κ3) is 3.66. The topological polar surface area (TPSA) is 69.4 Å². The maximum atomic E-state index is 12.0. The number of rotatable bonds is 4. The highest BCUT2D eigenvalue weighted by Crippen LogP contribution is 2.20. The fourth-order valence-corrected chi connectivity index (χ4v) is 1.88. The van der Waals surface area contributed by atoms with Crippen molar-refractivity contribution in [1.82, 2.24) is 0 Å². The molecule has 2 aromatic rings. The fraction of sp³-hybridized carbons (Fsp3) is 0.188. The Morgan fingerprint density at radius 3 is 2.48 bits per heavy atom. The van der Waals surface area contributed by atoms with Gasteiger partial charge in [0.1, 0.15) is 6.10 Å². The first-order chi connectivity index (χ1) is 9.97. The highest BCUT2D eigenvalue weighted by Gasteiger charge is 2.16. The second-order valence-corrected chi connectivity index (χ2v) is 4.77. The monoisotopic (exact) mass is 285 g/mol. The van der Waals surface area contributed by atoms with E-state index in [1.807, 2.05) is 31.2 Å². The number of benzene rings is 2. The average Bonchev–Trinajstić information content (AvgIpc) is 2.48. The van der Waals surface area contributed by atoms with Crippen molar-refractivity contribution in [3.63, 3.8) is 0 Å². The minimum absolute atomic E-state index is 0.132. The number of non-ortho nitro benzene ring substituents is 1. The van der Waals surface area contributed by atoms with Crippen LogP contribution in [0.3, 0.4) is 0 Å². The number of carbonyl (C=O) groups excluding carboxylic acids is 1. The molecule has 108 valence electrons. The number of nitro groups is 1. The van der Waals surface area contributed by atoms with Gasteiger partial charge in [0.2, 0.25) is 0 Å². The lowest BCUT2D eigenvalue weighted by molar-refractivity contribution is -0.384. The summed E-state index contributed by atoms with van der Waals surface area (Å²) in [7, 11) is 0. The Labute approximate surface area is 122 Å². The number of ether oxygens (including phenoxy) is 1. The van der Waals surface area contributed by atoms with Crippen LogP contribution in [-0.4, -0.2) is 10.9 Å². The first-order valence-electron chi connectivity index (χ1n) is 6.49. The third-order valence-corrected chi connectivity index (χ3v) is 3.12. The minimum atomic E-state index is -0.577. The van der Waals surface area contributed by atoms with Gasteiger partial charge in [0, 0.05) is 12.1 Å². The van der Waals surface area contributed by atoms with Gasteiger partial charge in [-0.25, -0.2) is 4.79 Å². The lowest BCUT2D eigenvalue weighted by atomic mass is 10.1. The van der Waals surface area contributed by atoms with Crippen molar-refractivity contribution < 1.29 is 14.5 Å². The summed E-state index contributed by atoms with van der Waals surface area (Å²) in [5, 5.41) is 10.7. The molecule has 1 unspecified atom stereocenters. The quantitative estimate of drug-likeness (QED) is 0.486. The van der Waals surface area contributed by atoms with Gasteiger partial charge >= 0.3 is 5.97 Å². The van der Waals surface area contributed by atoms with Crippen molar-refractivity contribution in [2.45, 2.75) is 20.0 Å². The molecule has 0 bridgehead atoms. The van der Waals surface area contributed by atoms with Crippen LogP contribution in [-0.2, 0) is 4.74 Å². The van der Waals surface area contributed by atoms with Gasteiger partial charge in [0.15, 0.2) is 0 Å². The van der Waals surface area contributed by atoms with Crippen LogP contribution in [0, 0.1) is 17.0 Å². The zero-order valence-corrected chi connectivity index (χ0v) is 11.8. The first-order valence-corrected chi connectivity index (χ1v) is 6.49. The predicted octanol–water partition coefficient (Wildman–Crippen LogP) is 3.82. The SMILES string of the molecule is Cc1ccc(C(C)OC(=O)c2cccc([N+](=O)[O-])c2)cc1. The van der Waals surface area contributed by atoms with E-state index >= 15 is 0 Å². The molecule has 0 fully saturated rings. The summed E-state index contributed by atoms with van der Waals surface area (Å²) < 4.78 is 5.34. The third-order valence-electron chi connectivity index (χ3n) is 3.12. The number of carbonyl (C=O) groups is 1. The molecular formula is C16H15NO4. The van der Waals surface area contributed by atoms with Gasteiger partial charge in [-0.05, 0) is 25.5 Å². The molecule has 0 saturated carbocycles.